The summed E-state index contributed by atoms with van der Waals surface area (Å²) in [7, 11) is 0. The Balaban J connectivity index is 2.69. The average molecular weight is 237 g/mol. The molecule has 0 aliphatic heterocycles. The van der Waals surface area contributed by atoms with Crippen LogP contribution in [-0.2, 0) is 11.3 Å². The summed E-state index contributed by atoms with van der Waals surface area (Å²) in [4.78, 5) is 21.4. The van der Waals surface area contributed by atoms with Crippen LogP contribution in [0, 0.1) is 15.5 Å². The van der Waals surface area contributed by atoms with Crippen LogP contribution in [0.4, 0.5) is 0 Å². The second-order valence-electron chi connectivity index (χ2n) is 4.77. The number of nitrogens with zero attached hydrogens (tertiary/aromatic N) is 1. The minimum atomic E-state index is -0.570. The van der Waals surface area contributed by atoms with Crippen LogP contribution >= 0.6 is 0 Å². The zero-order valence-corrected chi connectivity index (χ0v) is 10.1. The van der Waals surface area contributed by atoms with Gasteiger partial charge in [-0.05, 0) is 45.0 Å². The SMILES string of the molecule is CC(C)(C)C(=O)Oc1ccc(C[N+](=O)[O-])cc1. The Bertz CT molecular complexity index is 417. The number of carbonyl (C=O) groups excluding carboxylic acids is 1. The maximum absolute atomic E-state index is 11.6. The van der Waals surface area contributed by atoms with E-state index in [1.54, 1.807) is 45.0 Å². The summed E-state index contributed by atoms with van der Waals surface area (Å²) in [6, 6.07) is 6.27. The molecule has 0 atom stereocenters. The molecule has 0 fully saturated rings. The van der Waals surface area contributed by atoms with E-state index in [9.17, 15) is 14.9 Å². The zero-order chi connectivity index (χ0) is 13.1. The minimum absolute atomic E-state index is 0.229. The van der Waals surface area contributed by atoms with Gasteiger partial charge in [-0.2, -0.15) is 0 Å². The summed E-state index contributed by atoms with van der Waals surface area (Å²) in [5.74, 6) is 0.0662. The van der Waals surface area contributed by atoms with Crippen molar-refractivity contribution in [2.24, 2.45) is 5.41 Å². The number of nitro groups is 1. The molecule has 1 aromatic rings. The van der Waals surface area contributed by atoms with Gasteiger partial charge >= 0.3 is 5.97 Å². The molecule has 17 heavy (non-hydrogen) atoms. The van der Waals surface area contributed by atoms with Gasteiger partial charge in [0.2, 0.25) is 6.54 Å². The first-order valence-electron chi connectivity index (χ1n) is 5.22. The van der Waals surface area contributed by atoms with Crippen molar-refractivity contribution in [3.05, 3.63) is 39.9 Å². The van der Waals surface area contributed by atoms with Crippen LogP contribution in [0.15, 0.2) is 24.3 Å². The highest BCUT2D eigenvalue weighted by Gasteiger charge is 2.23. The molecule has 0 aliphatic rings. The molecule has 0 N–H and O–H groups in total. The molecule has 0 bridgehead atoms. The van der Waals surface area contributed by atoms with E-state index in [1.807, 2.05) is 0 Å². The molecule has 1 rings (SSSR count). The lowest BCUT2D eigenvalue weighted by molar-refractivity contribution is -0.496. The van der Waals surface area contributed by atoms with Crippen molar-refractivity contribution in [2.45, 2.75) is 27.3 Å². The molecule has 0 amide bonds. The third kappa shape index (κ3) is 4.22. The van der Waals surface area contributed by atoms with E-state index in [2.05, 4.69) is 0 Å². The van der Waals surface area contributed by atoms with Crippen molar-refractivity contribution in [3.8, 4) is 5.75 Å². The van der Waals surface area contributed by atoms with Crippen molar-refractivity contribution < 1.29 is 14.5 Å². The van der Waals surface area contributed by atoms with E-state index in [-0.39, 0.29) is 12.5 Å². The number of hydrogen-bond donors (Lipinski definition) is 0. The number of carbonyl (C=O) groups is 1. The van der Waals surface area contributed by atoms with Crippen LogP contribution in [0.3, 0.4) is 0 Å². The van der Waals surface area contributed by atoms with Gasteiger partial charge in [-0.1, -0.05) is 0 Å². The lowest BCUT2D eigenvalue weighted by Gasteiger charge is -2.16. The van der Waals surface area contributed by atoms with Gasteiger partial charge in [0.05, 0.1) is 5.41 Å². The van der Waals surface area contributed by atoms with Gasteiger partial charge in [-0.15, -0.1) is 0 Å². The highest BCUT2D eigenvalue weighted by atomic mass is 16.6. The molecule has 1 aromatic carbocycles. The van der Waals surface area contributed by atoms with Gasteiger partial charge in [0.25, 0.3) is 0 Å². The molecule has 0 unspecified atom stereocenters. The molecule has 0 spiro atoms. The van der Waals surface area contributed by atoms with Crippen LogP contribution in [0.5, 0.6) is 5.75 Å². The van der Waals surface area contributed by atoms with Crippen LogP contribution in [0.25, 0.3) is 0 Å². The molecule has 0 radical (unpaired) electrons. The number of ether oxygens (including phenoxy) is 1. The van der Waals surface area contributed by atoms with Crippen molar-refractivity contribution in [1.29, 1.82) is 0 Å². The predicted molar refractivity (Wildman–Crippen MR) is 62.2 cm³/mol. The maximum Gasteiger partial charge on any atom is 0.316 e. The summed E-state index contributed by atoms with van der Waals surface area (Å²) in [5.41, 5.74) is 0.00466. The van der Waals surface area contributed by atoms with E-state index in [0.29, 0.717) is 11.3 Å². The molecular weight excluding hydrogens is 222 g/mol. The highest BCUT2D eigenvalue weighted by molar-refractivity contribution is 5.77. The van der Waals surface area contributed by atoms with E-state index in [1.165, 1.54) is 0 Å². The summed E-state index contributed by atoms with van der Waals surface area (Å²) >= 11 is 0. The molecular formula is C12H15NO4. The Hall–Kier alpha value is -1.91. The van der Waals surface area contributed by atoms with Gasteiger partial charge in [-0.25, -0.2) is 0 Å². The molecule has 0 saturated carbocycles. The van der Waals surface area contributed by atoms with Gasteiger partial charge in [0.15, 0.2) is 0 Å². The molecule has 92 valence electrons. The molecule has 0 aromatic heterocycles. The topological polar surface area (TPSA) is 69.4 Å². The molecule has 5 heteroatoms. The summed E-state index contributed by atoms with van der Waals surface area (Å²) < 4.78 is 5.13. The maximum atomic E-state index is 11.6. The zero-order valence-electron chi connectivity index (χ0n) is 10.1. The monoisotopic (exact) mass is 237 g/mol. The van der Waals surface area contributed by atoms with Gasteiger partial charge in [0, 0.05) is 10.5 Å². The van der Waals surface area contributed by atoms with Gasteiger partial charge in [0.1, 0.15) is 5.75 Å². The van der Waals surface area contributed by atoms with E-state index in [4.69, 9.17) is 4.74 Å². The fourth-order valence-corrected chi connectivity index (χ4v) is 1.07. The van der Waals surface area contributed by atoms with E-state index in [0.717, 1.165) is 0 Å². The fourth-order valence-electron chi connectivity index (χ4n) is 1.07. The van der Waals surface area contributed by atoms with E-state index < -0.39 is 10.3 Å². The first kappa shape index (κ1) is 13.2. The normalized spacial score (nSPS) is 11.0. The molecule has 0 aliphatic carbocycles. The Morgan fingerprint density at radius 1 is 1.29 bits per heavy atom. The number of rotatable bonds is 3. The van der Waals surface area contributed by atoms with Gasteiger partial charge in [-0.3, -0.25) is 14.9 Å². The first-order valence-corrected chi connectivity index (χ1v) is 5.22. The summed E-state index contributed by atoms with van der Waals surface area (Å²) in [5, 5.41) is 10.3. The lowest BCUT2D eigenvalue weighted by Crippen LogP contribution is -2.25. The number of hydrogen-bond acceptors (Lipinski definition) is 4. The Morgan fingerprint density at radius 2 is 1.82 bits per heavy atom. The number of benzene rings is 1. The third-order valence-electron chi connectivity index (χ3n) is 2.06. The molecule has 0 saturated heterocycles. The molecule has 5 nitrogen and oxygen atoms in total. The smallest absolute Gasteiger partial charge is 0.316 e. The summed E-state index contributed by atoms with van der Waals surface area (Å²) in [6.07, 6.45) is 0. The van der Waals surface area contributed by atoms with Crippen molar-refractivity contribution in [2.75, 3.05) is 0 Å². The largest absolute Gasteiger partial charge is 0.426 e. The predicted octanol–water partition coefficient (Wildman–Crippen LogP) is 2.41. The number of esters is 1. The van der Waals surface area contributed by atoms with E-state index >= 15 is 0 Å². The Morgan fingerprint density at radius 3 is 2.24 bits per heavy atom. The third-order valence-corrected chi connectivity index (χ3v) is 2.06. The first-order chi connectivity index (χ1) is 7.79. The quantitative estimate of drug-likeness (QED) is 0.350. The van der Waals surface area contributed by atoms with Crippen molar-refractivity contribution >= 4 is 5.97 Å². The fraction of sp³-hybridized carbons (Fsp3) is 0.417. The second kappa shape index (κ2) is 4.95. The summed E-state index contributed by atoms with van der Waals surface area (Å²) in [6.45, 7) is 5.05. The highest BCUT2D eigenvalue weighted by Crippen LogP contribution is 2.19. The molecule has 0 heterocycles. The van der Waals surface area contributed by atoms with Crippen molar-refractivity contribution in [3.63, 3.8) is 0 Å². The van der Waals surface area contributed by atoms with Crippen molar-refractivity contribution in [1.82, 2.24) is 0 Å². The Kier molecular flexibility index (Phi) is 3.83. The Labute approximate surface area is 99.5 Å². The van der Waals surface area contributed by atoms with Gasteiger partial charge < -0.3 is 4.74 Å². The van der Waals surface area contributed by atoms with Crippen LogP contribution in [0.1, 0.15) is 26.3 Å². The lowest BCUT2D eigenvalue weighted by atomic mass is 9.97. The van der Waals surface area contributed by atoms with Crippen LogP contribution in [-0.4, -0.2) is 10.9 Å². The van der Waals surface area contributed by atoms with Crippen LogP contribution < -0.4 is 4.74 Å². The van der Waals surface area contributed by atoms with Crippen LogP contribution in [0.2, 0.25) is 0 Å². The minimum Gasteiger partial charge on any atom is -0.426 e. The standard InChI is InChI=1S/C12H15NO4/c1-12(2,3)11(14)17-10-6-4-9(5-7-10)8-13(15)16/h4-7H,8H2,1-3H3. The second-order valence-corrected chi connectivity index (χ2v) is 4.77. The average Bonchev–Trinajstić information content (AvgIpc) is 2.18.